The summed E-state index contributed by atoms with van der Waals surface area (Å²) < 4.78 is 5.67. The molecule has 0 radical (unpaired) electrons. The second-order valence-electron chi connectivity index (χ2n) is 7.55. The predicted molar refractivity (Wildman–Crippen MR) is 118 cm³/mol. The van der Waals surface area contributed by atoms with Crippen molar-refractivity contribution in [2.75, 3.05) is 24.3 Å². The van der Waals surface area contributed by atoms with E-state index >= 15 is 0 Å². The van der Waals surface area contributed by atoms with Gasteiger partial charge in [0, 0.05) is 37.6 Å². The van der Waals surface area contributed by atoms with Crippen molar-refractivity contribution in [1.82, 2.24) is 0 Å². The minimum Gasteiger partial charge on any atom is -0.449 e. The second kappa shape index (κ2) is 8.00. The van der Waals surface area contributed by atoms with E-state index in [0.717, 1.165) is 35.5 Å². The summed E-state index contributed by atoms with van der Waals surface area (Å²) >= 11 is 0. The van der Waals surface area contributed by atoms with Crippen molar-refractivity contribution in [2.45, 2.75) is 26.0 Å². The maximum atomic E-state index is 12.4. The summed E-state index contributed by atoms with van der Waals surface area (Å²) in [7, 11) is 3.92. The zero-order valence-electron chi connectivity index (χ0n) is 17.1. The zero-order valence-corrected chi connectivity index (χ0v) is 17.1. The van der Waals surface area contributed by atoms with E-state index in [1.165, 1.54) is 11.1 Å². The maximum absolute atomic E-state index is 12.4. The zero-order chi connectivity index (χ0) is 20.4. The van der Waals surface area contributed by atoms with Crippen molar-refractivity contribution < 1.29 is 9.53 Å². The smallest absolute Gasteiger partial charge is 0.339 e. The lowest BCUT2D eigenvalue weighted by molar-refractivity contribution is 0.0456. The lowest BCUT2D eigenvalue weighted by Crippen LogP contribution is -2.09. The molecule has 3 aromatic carbocycles. The Hall–Kier alpha value is -3.27. The van der Waals surface area contributed by atoms with Gasteiger partial charge in [-0.15, -0.1) is 0 Å². The molecule has 0 amide bonds. The Morgan fingerprint density at radius 2 is 1.69 bits per heavy atom. The van der Waals surface area contributed by atoms with E-state index in [4.69, 9.17) is 4.74 Å². The van der Waals surface area contributed by atoms with Gasteiger partial charge in [0.15, 0.2) is 6.10 Å². The number of anilines is 2. The number of carbonyl (C=O) groups excluding carboxylic acids is 1. The molecule has 0 bridgehead atoms. The van der Waals surface area contributed by atoms with Crippen molar-refractivity contribution in [2.24, 2.45) is 0 Å². The molecular weight excluding hydrogens is 360 g/mol. The van der Waals surface area contributed by atoms with Gasteiger partial charge in [-0.3, -0.25) is 0 Å². The Morgan fingerprint density at radius 3 is 2.38 bits per heavy atom. The summed E-state index contributed by atoms with van der Waals surface area (Å²) in [6.45, 7) is 2.97. The van der Waals surface area contributed by atoms with Gasteiger partial charge >= 0.3 is 5.97 Å². The van der Waals surface area contributed by atoms with Gasteiger partial charge in [-0.1, -0.05) is 49.4 Å². The molecule has 29 heavy (non-hydrogen) atoms. The Bertz CT molecular complexity index is 1030. The van der Waals surface area contributed by atoms with Gasteiger partial charge in [-0.05, 0) is 47.4 Å². The van der Waals surface area contributed by atoms with E-state index in [2.05, 4.69) is 36.5 Å². The van der Waals surface area contributed by atoms with Crippen LogP contribution >= 0.6 is 0 Å². The summed E-state index contributed by atoms with van der Waals surface area (Å²) in [6, 6.07) is 22.6. The third-order valence-corrected chi connectivity index (χ3v) is 5.48. The number of ether oxygens (including phenoxy) is 1. The first-order valence-electron chi connectivity index (χ1n) is 9.99. The lowest BCUT2D eigenvalue weighted by Gasteiger charge is -2.15. The number of carbonyl (C=O) groups is 1. The summed E-state index contributed by atoms with van der Waals surface area (Å²) in [5.74, 6) is -0.257. The predicted octanol–water partition coefficient (Wildman–Crippen LogP) is 5.19. The van der Waals surface area contributed by atoms with Crippen LogP contribution in [0.2, 0.25) is 0 Å². The third-order valence-electron chi connectivity index (χ3n) is 5.48. The molecule has 148 valence electrons. The molecule has 4 rings (SSSR count). The molecular formula is C25H26N2O2. The Kier molecular flexibility index (Phi) is 5.26. The van der Waals surface area contributed by atoms with Crippen LogP contribution in [0.5, 0.6) is 0 Å². The van der Waals surface area contributed by atoms with Crippen molar-refractivity contribution in [1.29, 1.82) is 0 Å². The van der Waals surface area contributed by atoms with E-state index < -0.39 is 0 Å². The minimum absolute atomic E-state index is 0.257. The van der Waals surface area contributed by atoms with Crippen molar-refractivity contribution in [3.05, 3.63) is 94.5 Å². The first-order valence-corrected chi connectivity index (χ1v) is 9.99. The van der Waals surface area contributed by atoms with E-state index in [9.17, 15) is 4.79 Å². The highest BCUT2D eigenvalue weighted by Gasteiger charge is 2.32. The quantitative estimate of drug-likeness (QED) is 0.592. The average molecular weight is 386 g/mol. The van der Waals surface area contributed by atoms with Gasteiger partial charge in [0.2, 0.25) is 0 Å². The van der Waals surface area contributed by atoms with Gasteiger partial charge < -0.3 is 15.0 Å². The standard InChI is InChI=1S/C25H26N2O2/c1-4-17-7-5-6-8-19(17)16-26-20-11-9-18(10-12-20)24-22-14-13-21(27(2)3)15-23(22)25(28)29-24/h5-15,24,26H,4,16H2,1-3H3. The molecule has 0 saturated carbocycles. The molecule has 1 unspecified atom stereocenters. The largest absolute Gasteiger partial charge is 0.449 e. The number of rotatable bonds is 6. The topological polar surface area (TPSA) is 41.6 Å². The molecule has 1 aliphatic rings. The minimum atomic E-state index is -0.344. The number of hydrogen-bond donors (Lipinski definition) is 1. The molecule has 0 fully saturated rings. The molecule has 0 aromatic heterocycles. The summed E-state index contributed by atoms with van der Waals surface area (Å²) in [5.41, 5.74) is 7.28. The molecule has 0 spiro atoms. The summed E-state index contributed by atoms with van der Waals surface area (Å²) in [6.07, 6.45) is 0.683. The number of benzene rings is 3. The Labute approximate surface area is 172 Å². The number of cyclic esters (lactones) is 1. The molecule has 0 saturated heterocycles. The van der Waals surface area contributed by atoms with E-state index in [1.807, 2.05) is 61.5 Å². The van der Waals surface area contributed by atoms with Crippen LogP contribution in [0, 0.1) is 0 Å². The van der Waals surface area contributed by atoms with Crippen LogP contribution < -0.4 is 10.2 Å². The maximum Gasteiger partial charge on any atom is 0.339 e. The molecule has 1 aliphatic heterocycles. The first kappa shape index (κ1) is 19.1. The van der Waals surface area contributed by atoms with E-state index in [1.54, 1.807) is 0 Å². The number of nitrogens with one attached hydrogen (secondary N) is 1. The number of fused-ring (bicyclic) bond motifs is 1. The fraction of sp³-hybridized carbons (Fsp3) is 0.240. The molecule has 3 aromatic rings. The Balaban J connectivity index is 1.50. The van der Waals surface area contributed by atoms with E-state index in [-0.39, 0.29) is 12.1 Å². The molecule has 4 heteroatoms. The SMILES string of the molecule is CCc1ccccc1CNc1ccc(C2OC(=O)c3cc(N(C)C)ccc32)cc1. The third kappa shape index (κ3) is 3.83. The number of esters is 1. The second-order valence-corrected chi connectivity index (χ2v) is 7.55. The van der Waals surface area contributed by atoms with Gasteiger partial charge in [0.05, 0.1) is 5.56 Å². The van der Waals surface area contributed by atoms with Crippen LogP contribution in [0.25, 0.3) is 0 Å². The van der Waals surface area contributed by atoms with Crippen molar-refractivity contribution >= 4 is 17.3 Å². The molecule has 1 atom stereocenters. The van der Waals surface area contributed by atoms with E-state index in [0.29, 0.717) is 5.56 Å². The monoisotopic (exact) mass is 386 g/mol. The Morgan fingerprint density at radius 1 is 0.966 bits per heavy atom. The van der Waals surface area contributed by atoms with Crippen LogP contribution in [0.15, 0.2) is 66.7 Å². The van der Waals surface area contributed by atoms with Crippen molar-refractivity contribution in [3.63, 3.8) is 0 Å². The molecule has 1 N–H and O–H groups in total. The van der Waals surface area contributed by atoms with Gasteiger partial charge in [0.25, 0.3) is 0 Å². The molecule has 1 heterocycles. The fourth-order valence-corrected chi connectivity index (χ4v) is 3.76. The summed E-state index contributed by atoms with van der Waals surface area (Å²) in [5, 5.41) is 3.49. The molecule has 4 nitrogen and oxygen atoms in total. The van der Waals surface area contributed by atoms with Crippen LogP contribution in [0.4, 0.5) is 11.4 Å². The van der Waals surface area contributed by atoms with Crippen LogP contribution in [0.1, 0.15) is 45.6 Å². The number of hydrogen-bond acceptors (Lipinski definition) is 4. The number of nitrogens with zero attached hydrogens (tertiary/aromatic N) is 1. The highest BCUT2D eigenvalue weighted by atomic mass is 16.5. The van der Waals surface area contributed by atoms with Gasteiger partial charge in [-0.25, -0.2) is 4.79 Å². The lowest BCUT2D eigenvalue weighted by atomic mass is 9.98. The average Bonchev–Trinajstić information content (AvgIpc) is 3.08. The summed E-state index contributed by atoms with van der Waals surface area (Å²) in [4.78, 5) is 14.3. The van der Waals surface area contributed by atoms with Crippen LogP contribution in [-0.4, -0.2) is 20.1 Å². The van der Waals surface area contributed by atoms with Crippen molar-refractivity contribution in [3.8, 4) is 0 Å². The first-order chi connectivity index (χ1) is 14.1. The highest BCUT2D eigenvalue weighted by Crippen LogP contribution is 2.37. The van der Waals surface area contributed by atoms with Gasteiger partial charge in [-0.2, -0.15) is 0 Å². The number of aryl methyl sites for hydroxylation is 1. The fourth-order valence-electron chi connectivity index (χ4n) is 3.76. The highest BCUT2D eigenvalue weighted by molar-refractivity contribution is 5.95. The van der Waals surface area contributed by atoms with Crippen LogP contribution in [0.3, 0.4) is 0 Å². The van der Waals surface area contributed by atoms with Gasteiger partial charge in [0.1, 0.15) is 0 Å². The normalized spacial score (nSPS) is 15.0. The molecule has 0 aliphatic carbocycles. The van der Waals surface area contributed by atoms with Crippen LogP contribution in [-0.2, 0) is 17.7 Å².